The molecule has 1 aliphatic rings. The second kappa shape index (κ2) is 15.8. The van der Waals surface area contributed by atoms with Gasteiger partial charge in [0.2, 0.25) is 11.8 Å². The summed E-state index contributed by atoms with van der Waals surface area (Å²) in [6.45, 7) is 1.53. The summed E-state index contributed by atoms with van der Waals surface area (Å²) < 4.78 is 29.4. The number of nitrogens with zero attached hydrogens (tertiary/aromatic N) is 2. The van der Waals surface area contributed by atoms with Gasteiger partial charge < -0.3 is 10.2 Å². The monoisotopic (exact) mass is 691 g/mol. The van der Waals surface area contributed by atoms with E-state index in [-0.39, 0.29) is 35.5 Å². The maximum Gasteiger partial charge on any atom is 0.264 e. The second-order valence-corrected chi connectivity index (χ2v) is 14.7. The number of hydrogen-bond acceptors (Lipinski definition) is 4. The van der Waals surface area contributed by atoms with Crippen LogP contribution < -0.4 is 9.62 Å². The van der Waals surface area contributed by atoms with Crippen LogP contribution in [0.4, 0.5) is 5.69 Å². The number of hydrogen-bond donors (Lipinski definition) is 1. The molecule has 1 saturated carbocycles. The lowest BCUT2D eigenvalue weighted by Crippen LogP contribution is -2.55. The van der Waals surface area contributed by atoms with E-state index in [1.165, 1.54) is 35.2 Å². The minimum Gasteiger partial charge on any atom is -0.352 e. The fraction of sp³-hybridized carbons (Fsp3) is 0.297. The van der Waals surface area contributed by atoms with E-state index in [0.29, 0.717) is 10.0 Å². The highest BCUT2D eigenvalue weighted by atomic mass is 35.5. The first kappa shape index (κ1) is 34.5. The summed E-state index contributed by atoms with van der Waals surface area (Å²) in [7, 11) is -4.25. The van der Waals surface area contributed by atoms with E-state index in [1.807, 2.05) is 61.5 Å². The fourth-order valence-electron chi connectivity index (χ4n) is 5.88. The standard InChI is InChI=1S/C37H39Cl2N3O4S/c1-27-15-17-29(18-16-27)25-41(35(23-28-9-4-2-5-10-28)37(44)40-32-12-6-3-7-13-32)36(43)26-42(33-14-8-11-31(39)24-33)47(45,46)34-21-19-30(38)20-22-34/h2,4-5,8-11,14-22,24,32,35H,3,6-7,12-13,23,25-26H2,1H3,(H,40,44)/t35-/m1/s1. The summed E-state index contributed by atoms with van der Waals surface area (Å²) in [5.41, 5.74) is 2.99. The molecule has 1 aliphatic carbocycles. The maximum atomic E-state index is 14.6. The van der Waals surface area contributed by atoms with E-state index in [9.17, 15) is 18.0 Å². The molecule has 1 N–H and O–H groups in total. The minimum absolute atomic E-state index is 0.0269. The van der Waals surface area contributed by atoms with Gasteiger partial charge in [-0.05, 0) is 73.4 Å². The van der Waals surface area contributed by atoms with E-state index < -0.39 is 28.5 Å². The molecule has 7 nitrogen and oxygen atoms in total. The van der Waals surface area contributed by atoms with Gasteiger partial charge in [0.05, 0.1) is 10.6 Å². The predicted molar refractivity (Wildman–Crippen MR) is 188 cm³/mol. The summed E-state index contributed by atoms with van der Waals surface area (Å²) >= 11 is 12.4. The van der Waals surface area contributed by atoms with Crippen molar-refractivity contribution in [3.8, 4) is 0 Å². The Morgan fingerprint density at radius 1 is 0.809 bits per heavy atom. The zero-order valence-electron chi connectivity index (χ0n) is 26.3. The van der Waals surface area contributed by atoms with E-state index in [2.05, 4.69) is 5.32 Å². The van der Waals surface area contributed by atoms with Gasteiger partial charge in [0.25, 0.3) is 10.0 Å². The SMILES string of the molecule is Cc1ccc(CN(C(=O)CN(c2cccc(Cl)c2)S(=O)(=O)c2ccc(Cl)cc2)[C@H](Cc2ccccc2)C(=O)NC2CCCCC2)cc1. The number of benzene rings is 4. The lowest BCUT2D eigenvalue weighted by molar-refractivity contribution is -0.140. The van der Waals surface area contributed by atoms with Crippen LogP contribution in [0.5, 0.6) is 0 Å². The Morgan fingerprint density at radius 3 is 2.15 bits per heavy atom. The molecule has 0 saturated heterocycles. The molecule has 0 aromatic heterocycles. The Labute approximate surface area is 287 Å². The molecule has 10 heteroatoms. The van der Waals surface area contributed by atoms with E-state index in [4.69, 9.17) is 23.2 Å². The Bertz CT molecular complexity index is 1760. The number of rotatable bonds is 12. The van der Waals surface area contributed by atoms with E-state index >= 15 is 0 Å². The molecule has 4 aromatic rings. The first-order valence-corrected chi connectivity index (χ1v) is 18.0. The van der Waals surface area contributed by atoms with Crippen molar-refractivity contribution in [2.24, 2.45) is 0 Å². The molecule has 47 heavy (non-hydrogen) atoms. The summed E-state index contributed by atoms with van der Waals surface area (Å²) in [6, 6.07) is 28.6. The Hall–Kier alpha value is -3.85. The molecule has 1 atom stereocenters. The molecule has 0 heterocycles. The molecular weight excluding hydrogens is 653 g/mol. The summed E-state index contributed by atoms with van der Waals surface area (Å²) in [5.74, 6) is -0.779. The van der Waals surface area contributed by atoms with Crippen LogP contribution >= 0.6 is 23.2 Å². The number of amides is 2. The smallest absolute Gasteiger partial charge is 0.264 e. The number of aryl methyl sites for hydroxylation is 1. The molecule has 1 fully saturated rings. The predicted octanol–water partition coefficient (Wildman–Crippen LogP) is 7.59. The van der Waals surface area contributed by atoms with Crippen LogP contribution in [0.1, 0.15) is 48.8 Å². The van der Waals surface area contributed by atoms with E-state index in [1.54, 1.807) is 18.2 Å². The van der Waals surface area contributed by atoms with Crippen LogP contribution in [0.15, 0.2) is 108 Å². The van der Waals surface area contributed by atoms with Gasteiger partial charge in [-0.2, -0.15) is 0 Å². The summed E-state index contributed by atoms with van der Waals surface area (Å²) in [6.07, 6.45) is 5.25. The van der Waals surface area contributed by atoms with Crippen LogP contribution in [-0.4, -0.2) is 43.8 Å². The van der Waals surface area contributed by atoms with Crippen LogP contribution in [0.25, 0.3) is 0 Å². The van der Waals surface area contributed by atoms with Crippen LogP contribution in [0.2, 0.25) is 10.0 Å². The lowest BCUT2D eigenvalue weighted by atomic mass is 9.94. The highest BCUT2D eigenvalue weighted by Gasteiger charge is 2.35. The summed E-state index contributed by atoms with van der Waals surface area (Å²) in [5, 5.41) is 3.93. The van der Waals surface area contributed by atoms with Crippen molar-refractivity contribution in [2.45, 2.75) is 69.0 Å². The number of nitrogens with one attached hydrogen (secondary N) is 1. The number of sulfonamides is 1. The van der Waals surface area contributed by atoms with Gasteiger partial charge >= 0.3 is 0 Å². The molecule has 0 aliphatic heterocycles. The third kappa shape index (κ3) is 9.15. The Balaban J connectivity index is 1.56. The first-order chi connectivity index (χ1) is 22.6. The molecule has 0 spiro atoms. The van der Waals surface area contributed by atoms with Gasteiger partial charge in [0, 0.05) is 29.1 Å². The zero-order chi connectivity index (χ0) is 33.4. The van der Waals surface area contributed by atoms with Gasteiger partial charge in [-0.15, -0.1) is 0 Å². The van der Waals surface area contributed by atoms with Crippen molar-refractivity contribution in [1.29, 1.82) is 0 Å². The average Bonchev–Trinajstić information content (AvgIpc) is 3.07. The molecule has 246 valence electrons. The highest BCUT2D eigenvalue weighted by molar-refractivity contribution is 7.92. The summed E-state index contributed by atoms with van der Waals surface area (Å²) in [4.78, 5) is 30.3. The Kier molecular flexibility index (Phi) is 11.6. The van der Waals surface area contributed by atoms with Gasteiger partial charge in [-0.25, -0.2) is 8.42 Å². The van der Waals surface area contributed by atoms with E-state index in [0.717, 1.165) is 53.1 Å². The van der Waals surface area contributed by atoms with Crippen molar-refractivity contribution >= 4 is 50.7 Å². The van der Waals surface area contributed by atoms with Crippen LogP contribution in [0, 0.1) is 6.92 Å². The number of halogens is 2. The van der Waals surface area contributed by atoms with Crippen LogP contribution in [-0.2, 0) is 32.6 Å². The average molecular weight is 693 g/mol. The minimum atomic E-state index is -4.25. The second-order valence-electron chi connectivity index (χ2n) is 12.0. The molecule has 0 radical (unpaired) electrons. The van der Waals surface area contributed by atoms with Gasteiger partial charge in [0.15, 0.2) is 0 Å². The molecule has 2 amide bonds. The van der Waals surface area contributed by atoms with Gasteiger partial charge in [0.1, 0.15) is 12.6 Å². The fourth-order valence-corrected chi connectivity index (χ4v) is 7.60. The van der Waals surface area contributed by atoms with Crippen LogP contribution in [0.3, 0.4) is 0 Å². The van der Waals surface area contributed by atoms with Crippen molar-refractivity contribution in [2.75, 3.05) is 10.8 Å². The zero-order valence-corrected chi connectivity index (χ0v) is 28.6. The van der Waals surface area contributed by atoms with Crippen molar-refractivity contribution in [3.63, 3.8) is 0 Å². The van der Waals surface area contributed by atoms with Gasteiger partial charge in [-0.1, -0.05) is 109 Å². The number of carbonyl (C=O) groups excluding carboxylic acids is 2. The quantitative estimate of drug-likeness (QED) is 0.166. The first-order valence-electron chi connectivity index (χ1n) is 15.8. The third-order valence-electron chi connectivity index (χ3n) is 8.47. The van der Waals surface area contributed by atoms with Crippen molar-refractivity contribution < 1.29 is 18.0 Å². The maximum absolute atomic E-state index is 14.6. The third-order valence-corrected chi connectivity index (χ3v) is 10.7. The van der Waals surface area contributed by atoms with Crippen molar-refractivity contribution in [3.05, 3.63) is 130 Å². The number of anilines is 1. The van der Waals surface area contributed by atoms with Crippen molar-refractivity contribution in [1.82, 2.24) is 10.2 Å². The topological polar surface area (TPSA) is 86.8 Å². The molecule has 4 aromatic carbocycles. The lowest BCUT2D eigenvalue weighted by Gasteiger charge is -2.35. The normalized spacial score (nSPS) is 14.3. The molecular formula is C37H39Cl2N3O4S. The largest absolute Gasteiger partial charge is 0.352 e. The molecule has 0 unspecified atom stereocenters. The molecule has 0 bridgehead atoms. The number of carbonyl (C=O) groups is 2. The molecule has 5 rings (SSSR count). The Morgan fingerprint density at radius 2 is 1.49 bits per heavy atom. The highest BCUT2D eigenvalue weighted by Crippen LogP contribution is 2.28. The van der Waals surface area contributed by atoms with Gasteiger partial charge in [-0.3, -0.25) is 13.9 Å².